The predicted molar refractivity (Wildman–Crippen MR) is 145 cm³/mol. The Morgan fingerprint density at radius 3 is 2.24 bits per heavy atom. The van der Waals surface area contributed by atoms with E-state index in [-0.39, 0.29) is 23.7 Å². The van der Waals surface area contributed by atoms with Crippen LogP contribution in [0.2, 0.25) is 0 Å². The molecule has 194 valence electrons. The van der Waals surface area contributed by atoms with Gasteiger partial charge in [-0.15, -0.1) is 0 Å². The number of halogens is 1. The molecule has 3 heterocycles. The highest BCUT2D eigenvalue weighted by molar-refractivity contribution is 9.10. The number of amides is 2. The fourth-order valence-corrected chi connectivity index (χ4v) is 6.56. The van der Waals surface area contributed by atoms with Crippen molar-refractivity contribution in [1.29, 1.82) is 0 Å². The maximum atomic E-state index is 13.3. The van der Waals surface area contributed by atoms with E-state index in [1.165, 1.54) is 0 Å². The highest BCUT2D eigenvalue weighted by Gasteiger charge is 2.42. The van der Waals surface area contributed by atoms with Gasteiger partial charge >= 0.3 is 0 Å². The van der Waals surface area contributed by atoms with E-state index < -0.39 is 5.91 Å². The lowest BCUT2D eigenvalue weighted by molar-refractivity contribution is 0.0923. The number of fused-ring (bicyclic) bond motifs is 2. The van der Waals surface area contributed by atoms with Crippen molar-refractivity contribution in [2.45, 2.75) is 82.0 Å². The van der Waals surface area contributed by atoms with E-state index in [2.05, 4.69) is 36.4 Å². The molecule has 4 aliphatic rings. The number of primary amides is 1. The number of nitrogens with two attached hydrogens (primary N) is 1. The van der Waals surface area contributed by atoms with Gasteiger partial charge in [-0.1, -0.05) is 0 Å². The highest BCUT2D eigenvalue weighted by atomic mass is 79.9. The average Bonchev–Trinajstić information content (AvgIpc) is 3.66. The van der Waals surface area contributed by atoms with Crippen LogP contribution in [0.3, 0.4) is 0 Å². The second-order valence-corrected chi connectivity index (χ2v) is 11.8. The summed E-state index contributed by atoms with van der Waals surface area (Å²) < 4.78 is 0.559. The van der Waals surface area contributed by atoms with Crippen LogP contribution in [0.5, 0.6) is 0 Å². The van der Waals surface area contributed by atoms with Gasteiger partial charge < -0.3 is 21.3 Å². The Hall–Kier alpha value is -2.94. The van der Waals surface area contributed by atoms with E-state index >= 15 is 0 Å². The molecule has 1 aromatic heterocycles. The molecule has 2 saturated heterocycles. The molecule has 2 aliphatic carbocycles. The number of Topliss-reactive ketones (excluding diaryl/α,β-unsaturated/α-hetero) is 1. The summed E-state index contributed by atoms with van der Waals surface area (Å²) in [5.41, 5.74) is 7.82. The van der Waals surface area contributed by atoms with Crippen LogP contribution >= 0.6 is 15.9 Å². The molecular formula is C28H32BrN5O3. The van der Waals surface area contributed by atoms with Gasteiger partial charge in [0.05, 0.1) is 11.1 Å². The van der Waals surface area contributed by atoms with Gasteiger partial charge in [0, 0.05) is 52.0 Å². The monoisotopic (exact) mass is 565 g/mol. The summed E-state index contributed by atoms with van der Waals surface area (Å²) in [6.07, 6.45) is 10.8. The van der Waals surface area contributed by atoms with E-state index in [1.807, 2.05) is 12.1 Å². The third-order valence-electron chi connectivity index (χ3n) is 8.40. The van der Waals surface area contributed by atoms with E-state index in [0.29, 0.717) is 45.0 Å². The Bertz CT molecular complexity index is 1230. The molecule has 0 radical (unpaired) electrons. The van der Waals surface area contributed by atoms with E-state index in [4.69, 9.17) is 5.73 Å². The Balaban J connectivity index is 1.14. The largest absolute Gasteiger partial charge is 0.382 e. The van der Waals surface area contributed by atoms with Gasteiger partial charge in [-0.3, -0.25) is 14.4 Å². The first-order valence-electron chi connectivity index (χ1n) is 13.4. The lowest BCUT2D eigenvalue weighted by atomic mass is 9.92. The molecule has 2 aromatic rings. The van der Waals surface area contributed by atoms with E-state index in [9.17, 15) is 14.4 Å². The first-order chi connectivity index (χ1) is 17.9. The third kappa shape index (κ3) is 4.85. The number of carbonyl (C=O) groups excluding carboxylic acids is 3. The van der Waals surface area contributed by atoms with Crippen molar-refractivity contribution < 1.29 is 14.4 Å². The van der Waals surface area contributed by atoms with Crippen molar-refractivity contribution in [2.75, 3.05) is 10.2 Å². The molecule has 8 nitrogen and oxygen atoms in total. The van der Waals surface area contributed by atoms with Crippen LogP contribution < -0.4 is 21.3 Å². The summed E-state index contributed by atoms with van der Waals surface area (Å²) in [5, 5.41) is 6.63. The zero-order valence-corrected chi connectivity index (χ0v) is 22.3. The number of benzene rings is 1. The maximum absolute atomic E-state index is 13.3. The summed E-state index contributed by atoms with van der Waals surface area (Å²) in [6, 6.07) is 8.26. The van der Waals surface area contributed by atoms with Crippen LogP contribution in [-0.2, 0) is 0 Å². The van der Waals surface area contributed by atoms with Crippen LogP contribution in [0, 0.1) is 5.92 Å². The average molecular weight is 567 g/mol. The smallest absolute Gasteiger partial charge is 0.252 e. The molecule has 9 heteroatoms. The van der Waals surface area contributed by atoms with Gasteiger partial charge in [-0.2, -0.15) is 0 Å². The molecule has 2 saturated carbocycles. The maximum Gasteiger partial charge on any atom is 0.252 e. The van der Waals surface area contributed by atoms with Crippen LogP contribution in [0.25, 0.3) is 0 Å². The number of hydrogen-bond acceptors (Lipinski definition) is 6. The van der Waals surface area contributed by atoms with Crippen LogP contribution in [0.1, 0.15) is 88.9 Å². The minimum Gasteiger partial charge on any atom is -0.382 e. The fraction of sp³-hybridized carbons (Fsp3) is 0.500. The molecule has 37 heavy (non-hydrogen) atoms. The number of piperidine rings is 1. The van der Waals surface area contributed by atoms with Gasteiger partial charge in [0.25, 0.3) is 11.8 Å². The summed E-state index contributed by atoms with van der Waals surface area (Å²) >= 11 is 3.48. The molecule has 4 fully saturated rings. The number of hydrogen-bond donors (Lipinski definition) is 3. The standard InChI is InChI=1S/C28H32BrN5O3/c29-23-12-22(27(30)36)24(32-17-2-1-3-17)13-21(23)28(37)33-18-10-19-7-8-20(11-18)34(19)25-9-6-16(14-31-25)26(35)15-4-5-15/h6,9,12-15,17-20,32H,1-5,7-8,10-11H2,(H2,30,36)(H,33,37)/t18-,19+,20-. The Morgan fingerprint density at radius 1 is 0.946 bits per heavy atom. The molecule has 0 spiro atoms. The normalized spacial score (nSPS) is 24.9. The highest BCUT2D eigenvalue weighted by Crippen LogP contribution is 2.39. The Morgan fingerprint density at radius 2 is 1.68 bits per heavy atom. The van der Waals surface area contributed by atoms with Crippen molar-refractivity contribution in [2.24, 2.45) is 11.7 Å². The number of nitrogens with zero attached hydrogens (tertiary/aromatic N) is 2. The molecule has 4 N–H and O–H groups in total. The lowest BCUT2D eigenvalue weighted by Crippen LogP contribution is -2.50. The zero-order chi connectivity index (χ0) is 25.7. The van der Waals surface area contributed by atoms with Gasteiger partial charge in [-0.05, 0) is 98.0 Å². The third-order valence-corrected chi connectivity index (χ3v) is 9.05. The van der Waals surface area contributed by atoms with E-state index in [1.54, 1.807) is 18.3 Å². The van der Waals surface area contributed by atoms with Crippen molar-refractivity contribution in [1.82, 2.24) is 10.3 Å². The molecular weight excluding hydrogens is 534 g/mol. The van der Waals surface area contributed by atoms with Gasteiger partial charge in [0.15, 0.2) is 5.78 Å². The van der Waals surface area contributed by atoms with E-state index in [0.717, 1.165) is 63.6 Å². The summed E-state index contributed by atoms with van der Waals surface area (Å²) in [5.74, 6) is 0.654. The zero-order valence-electron chi connectivity index (χ0n) is 20.7. The number of aromatic nitrogens is 1. The molecule has 3 atom stereocenters. The predicted octanol–water partition coefficient (Wildman–Crippen LogP) is 4.43. The molecule has 2 amide bonds. The Kier molecular flexibility index (Phi) is 6.42. The van der Waals surface area contributed by atoms with Gasteiger partial charge in [0.1, 0.15) is 5.82 Å². The lowest BCUT2D eigenvalue weighted by Gasteiger charge is -2.40. The second-order valence-electron chi connectivity index (χ2n) is 11.0. The molecule has 2 bridgehead atoms. The minimum absolute atomic E-state index is 0.0581. The Labute approximate surface area is 224 Å². The van der Waals surface area contributed by atoms with Crippen LogP contribution in [0.15, 0.2) is 34.9 Å². The summed E-state index contributed by atoms with van der Waals surface area (Å²) in [7, 11) is 0. The number of pyridine rings is 1. The topological polar surface area (TPSA) is 117 Å². The van der Waals surface area contributed by atoms with Crippen molar-refractivity contribution in [3.8, 4) is 0 Å². The fourth-order valence-electron chi connectivity index (χ4n) is 6.04. The number of nitrogens with one attached hydrogen (secondary N) is 2. The minimum atomic E-state index is -0.517. The van der Waals surface area contributed by atoms with Crippen molar-refractivity contribution in [3.05, 3.63) is 51.6 Å². The number of carbonyl (C=O) groups is 3. The van der Waals surface area contributed by atoms with Gasteiger partial charge in [0.2, 0.25) is 0 Å². The first-order valence-corrected chi connectivity index (χ1v) is 14.2. The molecule has 6 rings (SSSR count). The van der Waals surface area contributed by atoms with Crippen molar-refractivity contribution in [3.63, 3.8) is 0 Å². The molecule has 2 aliphatic heterocycles. The van der Waals surface area contributed by atoms with Gasteiger partial charge in [-0.25, -0.2) is 4.98 Å². The quantitative estimate of drug-likeness (QED) is 0.407. The van der Waals surface area contributed by atoms with Crippen molar-refractivity contribution >= 4 is 45.0 Å². The van der Waals surface area contributed by atoms with Crippen LogP contribution in [-0.4, -0.2) is 46.7 Å². The molecule has 0 unspecified atom stereocenters. The molecule has 1 aromatic carbocycles. The number of ketones is 1. The SMILES string of the molecule is NC(=O)c1cc(Br)c(C(=O)N[C@H]2C[C@H]3CC[C@@H](C2)N3c2ccc(C(=O)C3CC3)cn2)cc1NC1CCC1. The summed E-state index contributed by atoms with van der Waals surface area (Å²) in [6.45, 7) is 0. The number of rotatable bonds is 8. The summed E-state index contributed by atoms with van der Waals surface area (Å²) in [4.78, 5) is 44.7. The second kappa shape index (κ2) is 9.74. The first kappa shape index (κ1) is 24.4. The number of anilines is 2. The van der Waals surface area contributed by atoms with Crippen LogP contribution in [0.4, 0.5) is 11.5 Å².